The SMILES string of the molecule is CC(C)NC(=O)C(c1ccccc1)N(C)C(=O)C(C)NC(=O)OC(C)(C)C. The normalized spacial score (nSPS) is 13.5. The molecule has 0 bridgehead atoms. The van der Waals surface area contributed by atoms with Crippen molar-refractivity contribution in [3.05, 3.63) is 35.9 Å². The van der Waals surface area contributed by atoms with Crippen molar-refractivity contribution in [2.75, 3.05) is 7.05 Å². The lowest BCUT2D eigenvalue weighted by atomic mass is 10.0. The van der Waals surface area contributed by atoms with E-state index in [1.54, 1.807) is 46.9 Å². The van der Waals surface area contributed by atoms with Gasteiger partial charge in [0, 0.05) is 13.1 Å². The second-order valence-electron chi connectivity index (χ2n) is 7.79. The van der Waals surface area contributed by atoms with E-state index in [0.717, 1.165) is 0 Å². The van der Waals surface area contributed by atoms with E-state index in [4.69, 9.17) is 4.74 Å². The summed E-state index contributed by atoms with van der Waals surface area (Å²) in [7, 11) is 1.55. The van der Waals surface area contributed by atoms with Crippen LogP contribution < -0.4 is 10.6 Å². The fourth-order valence-corrected chi connectivity index (χ4v) is 2.53. The number of alkyl carbamates (subject to hydrolysis) is 1. The summed E-state index contributed by atoms with van der Waals surface area (Å²) in [5, 5.41) is 5.36. The Bertz CT molecular complexity index is 653. The molecule has 2 atom stereocenters. The van der Waals surface area contributed by atoms with Crippen LogP contribution >= 0.6 is 0 Å². The van der Waals surface area contributed by atoms with Gasteiger partial charge in [0.05, 0.1) is 0 Å². The highest BCUT2D eigenvalue weighted by molar-refractivity contribution is 5.91. The number of hydrogen-bond acceptors (Lipinski definition) is 4. The van der Waals surface area contributed by atoms with E-state index in [1.807, 2.05) is 32.0 Å². The molecule has 0 aliphatic rings. The lowest BCUT2D eigenvalue weighted by molar-refractivity contribution is -0.140. The van der Waals surface area contributed by atoms with E-state index < -0.39 is 29.7 Å². The molecule has 2 N–H and O–H groups in total. The van der Waals surface area contributed by atoms with Crippen LogP contribution in [0, 0.1) is 0 Å². The van der Waals surface area contributed by atoms with Gasteiger partial charge in [0.15, 0.2) is 0 Å². The van der Waals surface area contributed by atoms with Crippen LogP contribution in [0.2, 0.25) is 0 Å². The van der Waals surface area contributed by atoms with Crippen molar-refractivity contribution in [1.82, 2.24) is 15.5 Å². The first kappa shape index (κ1) is 22.5. The summed E-state index contributed by atoms with van der Waals surface area (Å²) in [4.78, 5) is 38.8. The third kappa shape index (κ3) is 7.29. The zero-order valence-electron chi connectivity index (χ0n) is 17.2. The third-order valence-corrected chi connectivity index (χ3v) is 3.63. The van der Waals surface area contributed by atoms with E-state index in [1.165, 1.54) is 4.90 Å². The van der Waals surface area contributed by atoms with Gasteiger partial charge in [-0.05, 0) is 47.1 Å². The molecule has 2 unspecified atom stereocenters. The van der Waals surface area contributed by atoms with Crippen LogP contribution in [-0.2, 0) is 14.3 Å². The summed E-state index contributed by atoms with van der Waals surface area (Å²) >= 11 is 0. The van der Waals surface area contributed by atoms with Gasteiger partial charge in [-0.15, -0.1) is 0 Å². The Morgan fingerprint density at radius 2 is 1.56 bits per heavy atom. The number of benzene rings is 1. The highest BCUT2D eigenvalue weighted by Crippen LogP contribution is 2.21. The van der Waals surface area contributed by atoms with Crippen molar-refractivity contribution in [2.24, 2.45) is 0 Å². The number of nitrogens with zero attached hydrogens (tertiary/aromatic N) is 1. The molecular weight excluding hydrogens is 346 g/mol. The van der Waals surface area contributed by atoms with E-state index in [2.05, 4.69) is 10.6 Å². The van der Waals surface area contributed by atoms with Crippen molar-refractivity contribution in [1.29, 1.82) is 0 Å². The van der Waals surface area contributed by atoms with Crippen LogP contribution in [-0.4, -0.2) is 47.5 Å². The summed E-state index contributed by atoms with van der Waals surface area (Å²) in [5.41, 5.74) is 0.0265. The van der Waals surface area contributed by atoms with Crippen LogP contribution in [0.25, 0.3) is 0 Å². The molecule has 0 heterocycles. The van der Waals surface area contributed by atoms with Gasteiger partial charge in [0.25, 0.3) is 0 Å². The Balaban J connectivity index is 2.96. The Morgan fingerprint density at radius 3 is 2.04 bits per heavy atom. The molecule has 0 saturated carbocycles. The standard InChI is InChI=1S/C20H31N3O4/c1-13(2)21-17(24)16(15-11-9-8-10-12-15)23(7)18(25)14(3)22-19(26)27-20(4,5)6/h8-14,16H,1-7H3,(H,21,24)(H,22,26). The van der Waals surface area contributed by atoms with E-state index in [-0.39, 0.29) is 11.9 Å². The Kier molecular flexibility index (Phi) is 7.82. The quantitative estimate of drug-likeness (QED) is 0.798. The Morgan fingerprint density at radius 1 is 1.00 bits per heavy atom. The molecule has 7 heteroatoms. The predicted octanol–water partition coefficient (Wildman–Crippen LogP) is 2.62. The molecule has 0 radical (unpaired) electrons. The number of carbonyl (C=O) groups excluding carboxylic acids is 3. The highest BCUT2D eigenvalue weighted by Gasteiger charge is 2.32. The lowest BCUT2D eigenvalue weighted by Gasteiger charge is -2.31. The Hall–Kier alpha value is -2.57. The van der Waals surface area contributed by atoms with Crippen LogP contribution in [0.1, 0.15) is 53.1 Å². The molecular formula is C20H31N3O4. The minimum Gasteiger partial charge on any atom is -0.444 e. The molecule has 7 nitrogen and oxygen atoms in total. The van der Waals surface area contributed by atoms with E-state index in [9.17, 15) is 14.4 Å². The fraction of sp³-hybridized carbons (Fsp3) is 0.550. The smallest absolute Gasteiger partial charge is 0.408 e. The van der Waals surface area contributed by atoms with Gasteiger partial charge in [-0.25, -0.2) is 4.79 Å². The monoisotopic (exact) mass is 377 g/mol. The number of hydrogen-bond donors (Lipinski definition) is 2. The maximum absolute atomic E-state index is 12.8. The first-order chi connectivity index (χ1) is 12.4. The minimum absolute atomic E-state index is 0.0653. The number of amides is 3. The minimum atomic E-state index is -0.845. The molecule has 0 saturated heterocycles. The van der Waals surface area contributed by atoms with Crippen LogP contribution in [0.5, 0.6) is 0 Å². The molecule has 3 amide bonds. The maximum atomic E-state index is 12.8. The van der Waals surface area contributed by atoms with Gasteiger partial charge in [-0.2, -0.15) is 0 Å². The molecule has 27 heavy (non-hydrogen) atoms. The summed E-state index contributed by atoms with van der Waals surface area (Å²) in [6.07, 6.45) is -0.681. The van der Waals surface area contributed by atoms with Crippen molar-refractivity contribution >= 4 is 17.9 Å². The largest absolute Gasteiger partial charge is 0.444 e. The van der Waals surface area contributed by atoms with Crippen molar-refractivity contribution in [3.8, 4) is 0 Å². The van der Waals surface area contributed by atoms with Crippen molar-refractivity contribution in [2.45, 2.75) is 65.3 Å². The fourth-order valence-electron chi connectivity index (χ4n) is 2.53. The lowest BCUT2D eigenvalue weighted by Crippen LogP contribution is -2.51. The molecule has 0 spiro atoms. The van der Waals surface area contributed by atoms with Gasteiger partial charge in [-0.1, -0.05) is 30.3 Å². The molecule has 0 aliphatic carbocycles. The zero-order chi connectivity index (χ0) is 20.8. The predicted molar refractivity (Wildman–Crippen MR) is 104 cm³/mol. The van der Waals surface area contributed by atoms with Gasteiger partial charge < -0.3 is 20.3 Å². The third-order valence-electron chi connectivity index (χ3n) is 3.63. The van der Waals surface area contributed by atoms with Crippen LogP contribution in [0.15, 0.2) is 30.3 Å². The number of rotatable bonds is 6. The van der Waals surface area contributed by atoms with Crippen LogP contribution in [0.4, 0.5) is 4.79 Å². The summed E-state index contributed by atoms with van der Waals surface area (Å²) in [5.74, 6) is -0.676. The second kappa shape index (κ2) is 9.39. The van der Waals surface area contributed by atoms with E-state index >= 15 is 0 Å². The first-order valence-corrected chi connectivity index (χ1v) is 9.04. The van der Waals surface area contributed by atoms with Crippen molar-refractivity contribution in [3.63, 3.8) is 0 Å². The number of ether oxygens (including phenoxy) is 1. The van der Waals surface area contributed by atoms with Gasteiger partial charge in [0.1, 0.15) is 17.7 Å². The molecule has 0 aromatic heterocycles. The van der Waals surface area contributed by atoms with Gasteiger partial charge >= 0.3 is 6.09 Å². The average molecular weight is 377 g/mol. The van der Waals surface area contributed by atoms with Gasteiger partial charge in [0.2, 0.25) is 11.8 Å². The molecule has 1 aromatic rings. The number of carbonyl (C=O) groups is 3. The molecule has 1 aromatic carbocycles. The topological polar surface area (TPSA) is 87.7 Å². The van der Waals surface area contributed by atoms with Crippen molar-refractivity contribution < 1.29 is 19.1 Å². The maximum Gasteiger partial charge on any atom is 0.408 e. The van der Waals surface area contributed by atoms with Crippen LogP contribution in [0.3, 0.4) is 0 Å². The average Bonchev–Trinajstić information content (AvgIpc) is 2.52. The first-order valence-electron chi connectivity index (χ1n) is 9.04. The molecule has 0 fully saturated rings. The van der Waals surface area contributed by atoms with Gasteiger partial charge in [-0.3, -0.25) is 9.59 Å². The second-order valence-corrected chi connectivity index (χ2v) is 7.79. The molecule has 150 valence electrons. The molecule has 0 aliphatic heterocycles. The summed E-state index contributed by atoms with van der Waals surface area (Å²) < 4.78 is 5.18. The zero-order valence-corrected chi connectivity index (χ0v) is 17.2. The Labute approximate surface area is 161 Å². The number of nitrogens with one attached hydrogen (secondary N) is 2. The van der Waals surface area contributed by atoms with E-state index in [0.29, 0.717) is 5.56 Å². The molecule has 1 rings (SSSR count). The number of likely N-dealkylation sites (N-methyl/N-ethyl adjacent to an activating group) is 1. The highest BCUT2D eigenvalue weighted by atomic mass is 16.6. The summed E-state index contributed by atoms with van der Waals surface area (Å²) in [6.45, 7) is 10.5. The summed E-state index contributed by atoms with van der Waals surface area (Å²) in [6, 6.07) is 7.34.